The zero-order chi connectivity index (χ0) is 13.0. The lowest BCUT2D eigenvalue weighted by molar-refractivity contribution is -0.136. The van der Waals surface area contributed by atoms with E-state index in [1.54, 1.807) is 0 Å². The van der Waals surface area contributed by atoms with Crippen molar-refractivity contribution in [1.29, 1.82) is 0 Å². The monoisotopic (exact) mass is 269 g/mol. The van der Waals surface area contributed by atoms with Crippen molar-refractivity contribution in [3.8, 4) is 0 Å². The van der Waals surface area contributed by atoms with Gasteiger partial charge in [0.1, 0.15) is 0 Å². The largest absolute Gasteiger partial charge is 0.481 e. The molecule has 0 unspecified atom stereocenters. The van der Waals surface area contributed by atoms with Gasteiger partial charge in [0.2, 0.25) is 0 Å². The summed E-state index contributed by atoms with van der Waals surface area (Å²) >= 11 is 1.53. The van der Waals surface area contributed by atoms with Gasteiger partial charge >= 0.3 is 5.97 Å². The average Bonchev–Trinajstić information content (AvgIpc) is 2.95. The molecule has 5 heteroatoms. The molecule has 1 heterocycles. The van der Waals surface area contributed by atoms with Gasteiger partial charge in [-0.3, -0.25) is 4.79 Å². The molecule has 1 fully saturated rings. The predicted octanol–water partition coefficient (Wildman–Crippen LogP) is 1.77. The van der Waals surface area contributed by atoms with Crippen molar-refractivity contribution in [3.63, 3.8) is 0 Å². The van der Waals surface area contributed by atoms with Crippen molar-refractivity contribution in [1.82, 2.24) is 5.32 Å². The molecule has 0 atom stereocenters. The number of carboxylic acid groups (broad SMARTS) is 1. The van der Waals surface area contributed by atoms with Crippen molar-refractivity contribution in [2.75, 3.05) is 6.61 Å². The number of carbonyl (C=O) groups is 1. The molecule has 0 radical (unpaired) electrons. The van der Waals surface area contributed by atoms with Crippen molar-refractivity contribution in [2.45, 2.75) is 44.2 Å². The van der Waals surface area contributed by atoms with Gasteiger partial charge in [-0.25, -0.2) is 0 Å². The zero-order valence-corrected chi connectivity index (χ0v) is 11.1. The second-order valence-corrected chi connectivity index (χ2v) is 6.19. The molecule has 0 aliphatic heterocycles. The molecule has 100 valence electrons. The summed E-state index contributed by atoms with van der Waals surface area (Å²) in [4.78, 5) is 12.6. The lowest BCUT2D eigenvalue weighted by Gasteiger charge is -2.27. The van der Waals surface area contributed by atoms with Crippen LogP contribution in [0.2, 0.25) is 0 Å². The Labute approximate surface area is 111 Å². The Kier molecular flexibility index (Phi) is 4.37. The van der Waals surface area contributed by atoms with Gasteiger partial charge in [0.05, 0.1) is 13.0 Å². The summed E-state index contributed by atoms with van der Waals surface area (Å²) in [6.45, 7) is 0.894. The molecular formula is C13H19NO3S. The first-order chi connectivity index (χ1) is 8.63. The van der Waals surface area contributed by atoms with Crippen LogP contribution < -0.4 is 5.32 Å². The molecule has 4 nitrogen and oxygen atoms in total. The summed E-state index contributed by atoms with van der Waals surface area (Å²) < 4.78 is 0. The standard InChI is InChI=1S/C13H19NO3S/c15-9-13(5-1-2-6-13)14-8-11-4-3-10(18-11)7-12(16)17/h3-4,14-15H,1-2,5-9H2,(H,16,17). The van der Waals surface area contributed by atoms with Crippen LogP contribution in [0.1, 0.15) is 35.4 Å². The highest BCUT2D eigenvalue weighted by Gasteiger charge is 2.32. The van der Waals surface area contributed by atoms with Gasteiger partial charge in [-0.05, 0) is 25.0 Å². The quantitative estimate of drug-likeness (QED) is 0.736. The van der Waals surface area contributed by atoms with Gasteiger partial charge in [-0.2, -0.15) is 0 Å². The van der Waals surface area contributed by atoms with E-state index < -0.39 is 5.97 Å². The van der Waals surface area contributed by atoms with E-state index in [0.717, 1.165) is 22.6 Å². The van der Waals surface area contributed by atoms with E-state index in [0.29, 0.717) is 6.54 Å². The van der Waals surface area contributed by atoms with E-state index in [2.05, 4.69) is 5.32 Å². The van der Waals surface area contributed by atoms with Crippen LogP contribution in [0.4, 0.5) is 0 Å². The third-order valence-electron chi connectivity index (χ3n) is 3.54. The van der Waals surface area contributed by atoms with E-state index in [4.69, 9.17) is 5.11 Å². The molecule has 0 bridgehead atoms. The number of hydrogen-bond acceptors (Lipinski definition) is 4. The maximum atomic E-state index is 10.6. The third kappa shape index (κ3) is 3.31. The van der Waals surface area contributed by atoms with Crippen LogP contribution in [-0.2, 0) is 17.8 Å². The van der Waals surface area contributed by atoms with Gasteiger partial charge in [-0.1, -0.05) is 12.8 Å². The molecule has 3 N–H and O–H groups in total. The fraction of sp³-hybridized carbons (Fsp3) is 0.615. The lowest BCUT2D eigenvalue weighted by atomic mass is 9.99. The first-order valence-corrected chi connectivity index (χ1v) is 7.10. The summed E-state index contributed by atoms with van der Waals surface area (Å²) in [6, 6.07) is 3.84. The molecule has 1 saturated carbocycles. The topological polar surface area (TPSA) is 69.6 Å². The third-order valence-corrected chi connectivity index (χ3v) is 4.63. The summed E-state index contributed by atoms with van der Waals surface area (Å²) in [5.74, 6) is -0.793. The van der Waals surface area contributed by atoms with Gasteiger partial charge < -0.3 is 15.5 Å². The SMILES string of the molecule is O=C(O)Cc1ccc(CNC2(CO)CCCC2)s1. The van der Waals surface area contributed by atoms with Crippen LogP contribution in [0.25, 0.3) is 0 Å². The Balaban J connectivity index is 1.89. The summed E-state index contributed by atoms with van der Waals surface area (Å²) in [5, 5.41) is 21.6. The molecule has 1 aromatic rings. The Morgan fingerprint density at radius 2 is 2.00 bits per heavy atom. The second kappa shape index (κ2) is 5.82. The number of aliphatic hydroxyl groups excluding tert-OH is 1. The molecule has 18 heavy (non-hydrogen) atoms. The lowest BCUT2D eigenvalue weighted by Crippen LogP contribution is -2.45. The minimum atomic E-state index is -0.793. The number of aliphatic hydroxyl groups is 1. The van der Waals surface area contributed by atoms with E-state index in [1.807, 2.05) is 12.1 Å². The highest BCUT2D eigenvalue weighted by atomic mass is 32.1. The summed E-state index contributed by atoms with van der Waals surface area (Å²) in [6.07, 6.45) is 4.48. The average molecular weight is 269 g/mol. The van der Waals surface area contributed by atoms with Crippen LogP contribution in [0, 0.1) is 0 Å². The van der Waals surface area contributed by atoms with Gasteiger partial charge in [-0.15, -0.1) is 11.3 Å². The molecule has 0 saturated heterocycles. The maximum Gasteiger partial charge on any atom is 0.308 e. The molecule has 1 aromatic heterocycles. The van der Waals surface area contributed by atoms with E-state index in [-0.39, 0.29) is 18.6 Å². The highest BCUT2D eigenvalue weighted by Crippen LogP contribution is 2.30. The summed E-state index contributed by atoms with van der Waals surface area (Å²) in [7, 11) is 0. The Bertz CT molecular complexity index is 410. The number of nitrogens with one attached hydrogen (secondary N) is 1. The number of rotatable bonds is 6. The minimum Gasteiger partial charge on any atom is -0.481 e. The minimum absolute atomic E-state index is 0.0931. The Morgan fingerprint density at radius 3 is 2.61 bits per heavy atom. The molecule has 1 aliphatic carbocycles. The fourth-order valence-electron chi connectivity index (χ4n) is 2.48. The number of thiophene rings is 1. The number of aliphatic carboxylic acids is 1. The van der Waals surface area contributed by atoms with Crippen LogP contribution in [0.15, 0.2) is 12.1 Å². The van der Waals surface area contributed by atoms with Crippen molar-refractivity contribution in [2.24, 2.45) is 0 Å². The second-order valence-electron chi connectivity index (χ2n) is 4.94. The summed E-state index contributed by atoms with van der Waals surface area (Å²) in [5.41, 5.74) is -0.114. The van der Waals surface area contributed by atoms with E-state index in [1.165, 1.54) is 24.2 Å². The Hall–Kier alpha value is -0.910. The van der Waals surface area contributed by atoms with Gasteiger partial charge in [0.25, 0.3) is 0 Å². The van der Waals surface area contributed by atoms with Crippen LogP contribution >= 0.6 is 11.3 Å². The molecule has 1 aliphatic rings. The first-order valence-electron chi connectivity index (χ1n) is 6.29. The number of hydrogen-bond donors (Lipinski definition) is 3. The normalized spacial score (nSPS) is 18.1. The first kappa shape index (κ1) is 13.5. The van der Waals surface area contributed by atoms with Crippen molar-refractivity contribution in [3.05, 3.63) is 21.9 Å². The van der Waals surface area contributed by atoms with Crippen LogP contribution in [0.3, 0.4) is 0 Å². The van der Waals surface area contributed by atoms with Gasteiger partial charge in [0, 0.05) is 21.8 Å². The Morgan fingerprint density at radius 1 is 1.33 bits per heavy atom. The van der Waals surface area contributed by atoms with E-state index >= 15 is 0 Å². The molecular weight excluding hydrogens is 250 g/mol. The zero-order valence-electron chi connectivity index (χ0n) is 10.3. The van der Waals surface area contributed by atoms with Crippen molar-refractivity contribution >= 4 is 17.3 Å². The predicted molar refractivity (Wildman–Crippen MR) is 70.8 cm³/mol. The van der Waals surface area contributed by atoms with Gasteiger partial charge in [0.15, 0.2) is 0 Å². The van der Waals surface area contributed by atoms with Crippen molar-refractivity contribution < 1.29 is 15.0 Å². The molecule has 2 rings (SSSR count). The molecule has 0 amide bonds. The smallest absolute Gasteiger partial charge is 0.308 e. The fourth-order valence-corrected chi connectivity index (χ4v) is 3.43. The maximum absolute atomic E-state index is 10.6. The number of carboxylic acids is 1. The highest BCUT2D eigenvalue weighted by molar-refractivity contribution is 7.12. The molecule has 0 spiro atoms. The molecule has 0 aromatic carbocycles. The van der Waals surface area contributed by atoms with E-state index in [9.17, 15) is 9.90 Å². The van der Waals surface area contributed by atoms with Crippen LogP contribution in [-0.4, -0.2) is 28.3 Å². The van der Waals surface area contributed by atoms with Crippen LogP contribution in [0.5, 0.6) is 0 Å².